The Morgan fingerprint density at radius 1 is 1.06 bits per heavy atom. The van der Waals surface area contributed by atoms with E-state index >= 15 is 0 Å². The van der Waals surface area contributed by atoms with Crippen molar-refractivity contribution in [2.75, 3.05) is 6.61 Å². The molecule has 7 nitrogen and oxygen atoms in total. The van der Waals surface area contributed by atoms with E-state index in [-0.39, 0.29) is 30.9 Å². The molecule has 2 heterocycles. The van der Waals surface area contributed by atoms with E-state index < -0.39 is 23.6 Å². The number of hydrogen-bond donors (Lipinski definition) is 2. The third kappa shape index (κ3) is 3.65. The summed E-state index contributed by atoms with van der Waals surface area (Å²) in [5, 5.41) is 12.0. The molecule has 172 valence electrons. The first-order chi connectivity index (χ1) is 15.9. The van der Waals surface area contributed by atoms with Gasteiger partial charge in [0.25, 0.3) is 0 Å². The van der Waals surface area contributed by atoms with Crippen molar-refractivity contribution in [2.24, 2.45) is 0 Å². The van der Waals surface area contributed by atoms with E-state index in [0.29, 0.717) is 12.8 Å². The van der Waals surface area contributed by atoms with Crippen molar-refractivity contribution in [3.8, 4) is 11.1 Å². The molecular formula is C26H28N2O5. The van der Waals surface area contributed by atoms with E-state index in [0.717, 1.165) is 35.1 Å². The summed E-state index contributed by atoms with van der Waals surface area (Å²) in [5.74, 6) is -1.18. The number of hydrogen-bond acceptors (Lipinski definition) is 4. The van der Waals surface area contributed by atoms with Crippen LogP contribution in [0.2, 0.25) is 0 Å². The lowest BCUT2D eigenvalue weighted by Gasteiger charge is -2.35. The second kappa shape index (κ2) is 8.21. The van der Waals surface area contributed by atoms with Crippen molar-refractivity contribution in [1.29, 1.82) is 0 Å². The van der Waals surface area contributed by atoms with E-state index in [1.165, 1.54) is 0 Å². The zero-order chi connectivity index (χ0) is 23.2. The smallest absolute Gasteiger partial charge is 0.407 e. The minimum Gasteiger partial charge on any atom is -0.481 e. The SMILES string of the molecule is C[C@H](NC(=O)OCC1c2ccccc2-c2ccccc21)C(=O)N1C2CCC1(CC(=O)O)CC2. The molecule has 3 aliphatic rings. The number of benzene rings is 2. The van der Waals surface area contributed by atoms with Gasteiger partial charge in [0.05, 0.1) is 12.0 Å². The van der Waals surface area contributed by atoms with Gasteiger partial charge in [-0.25, -0.2) is 4.79 Å². The van der Waals surface area contributed by atoms with E-state index in [4.69, 9.17) is 4.74 Å². The molecule has 2 fully saturated rings. The topological polar surface area (TPSA) is 95.9 Å². The van der Waals surface area contributed by atoms with E-state index in [1.807, 2.05) is 24.3 Å². The average molecular weight is 449 g/mol. The fourth-order valence-corrected chi connectivity index (χ4v) is 6.07. The van der Waals surface area contributed by atoms with Gasteiger partial charge in [-0.2, -0.15) is 0 Å². The minimum absolute atomic E-state index is 0.0487. The summed E-state index contributed by atoms with van der Waals surface area (Å²) in [7, 11) is 0. The number of carbonyl (C=O) groups is 3. The number of fused-ring (bicyclic) bond motifs is 5. The number of nitrogens with one attached hydrogen (secondary N) is 1. The Morgan fingerprint density at radius 3 is 2.21 bits per heavy atom. The third-order valence-electron chi connectivity index (χ3n) is 7.53. The van der Waals surface area contributed by atoms with Crippen molar-refractivity contribution < 1.29 is 24.2 Å². The van der Waals surface area contributed by atoms with Gasteiger partial charge < -0.3 is 20.1 Å². The van der Waals surface area contributed by atoms with Gasteiger partial charge in [-0.05, 0) is 54.9 Å². The van der Waals surface area contributed by atoms with Crippen LogP contribution in [0, 0.1) is 0 Å². The normalized spacial score (nSPS) is 23.7. The molecule has 2 bridgehead atoms. The van der Waals surface area contributed by atoms with Crippen molar-refractivity contribution in [1.82, 2.24) is 10.2 Å². The van der Waals surface area contributed by atoms with E-state index in [9.17, 15) is 19.5 Å². The van der Waals surface area contributed by atoms with Gasteiger partial charge in [0.15, 0.2) is 0 Å². The predicted octanol–water partition coefficient (Wildman–Crippen LogP) is 3.91. The van der Waals surface area contributed by atoms with Gasteiger partial charge >= 0.3 is 12.1 Å². The number of aliphatic carboxylic acids is 1. The predicted molar refractivity (Wildman–Crippen MR) is 122 cm³/mol. The fraction of sp³-hybridized carbons (Fsp3) is 0.423. The number of amides is 2. The average Bonchev–Trinajstić information content (AvgIpc) is 3.43. The molecule has 2 aromatic rings. The number of carbonyl (C=O) groups excluding carboxylic acids is 2. The highest BCUT2D eigenvalue weighted by molar-refractivity contribution is 5.87. The standard InChI is InChI=1S/C26H28N2O5/c1-16(24(31)28-17-10-12-26(28,13-11-17)14-23(29)30)27-25(32)33-15-22-20-8-4-2-6-18(20)19-7-3-5-9-21(19)22/h2-9,16-17,22H,10-15H2,1H3,(H,27,32)(H,29,30)/t16-,17?,26?/m0/s1. The number of carboxylic acids is 1. The quantitative estimate of drug-likeness (QED) is 0.699. The Morgan fingerprint density at radius 2 is 1.64 bits per heavy atom. The maximum Gasteiger partial charge on any atom is 0.407 e. The van der Waals surface area contributed by atoms with Crippen LogP contribution >= 0.6 is 0 Å². The van der Waals surface area contributed by atoms with Gasteiger partial charge in [0, 0.05) is 12.0 Å². The lowest BCUT2D eigenvalue weighted by atomic mass is 9.85. The number of carboxylic acid groups (broad SMARTS) is 1. The molecule has 2 aromatic carbocycles. The molecule has 0 aromatic heterocycles. The molecule has 2 saturated heterocycles. The monoisotopic (exact) mass is 448 g/mol. The molecule has 7 heteroatoms. The Bertz CT molecular complexity index is 1060. The van der Waals surface area contributed by atoms with Gasteiger partial charge in [-0.15, -0.1) is 0 Å². The third-order valence-corrected chi connectivity index (χ3v) is 7.53. The summed E-state index contributed by atoms with van der Waals surface area (Å²) in [6, 6.07) is 15.5. The fourth-order valence-electron chi connectivity index (χ4n) is 6.07. The van der Waals surface area contributed by atoms with Gasteiger partial charge in [0.1, 0.15) is 12.6 Å². The Balaban J connectivity index is 1.23. The van der Waals surface area contributed by atoms with Crippen LogP contribution < -0.4 is 5.32 Å². The van der Waals surface area contributed by atoms with Crippen LogP contribution in [0.4, 0.5) is 4.79 Å². The van der Waals surface area contributed by atoms with Gasteiger partial charge in [-0.1, -0.05) is 48.5 Å². The molecule has 2 N–H and O–H groups in total. The second-order valence-electron chi connectivity index (χ2n) is 9.43. The van der Waals surface area contributed by atoms with Crippen molar-refractivity contribution in [3.05, 3.63) is 59.7 Å². The van der Waals surface area contributed by atoms with Crippen LogP contribution in [0.25, 0.3) is 11.1 Å². The molecule has 0 radical (unpaired) electrons. The summed E-state index contributed by atoms with van der Waals surface area (Å²) in [5.41, 5.74) is 3.93. The number of ether oxygens (including phenoxy) is 1. The molecule has 5 rings (SSSR count). The summed E-state index contributed by atoms with van der Waals surface area (Å²) in [4.78, 5) is 38.9. The molecule has 0 saturated carbocycles. The highest BCUT2D eigenvalue weighted by atomic mass is 16.5. The second-order valence-corrected chi connectivity index (χ2v) is 9.43. The molecule has 2 aliphatic heterocycles. The van der Waals surface area contributed by atoms with Gasteiger partial charge in [0.2, 0.25) is 5.91 Å². The van der Waals surface area contributed by atoms with Crippen molar-refractivity contribution >= 4 is 18.0 Å². The van der Waals surface area contributed by atoms with Crippen LogP contribution in [-0.4, -0.2) is 52.2 Å². The molecule has 1 aliphatic carbocycles. The zero-order valence-electron chi connectivity index (χ0n) is 18.6. The van der Waals surface area contributed by atoms with Crippen molar-refractivity contribution in [2.45, 2.75) is 62.6 Å². The largest absolute Gasteiger partial charge is 0.481 e. The Kier molecular flexibility index (Phi) is 5.35. The first-order valence-electron chi connectivity index (χ1n) is 11.6. The molecule has 2 amide bonds. The molecule has 0 unspecified atom stereocenters. The summed E-state index contributed by atoms with van der Waals surface area (Å²) < 4.78 is 5.57. The first-order valence-corrected chi connectivity index (χ1v) is 11.6. The maximum atomic E-state index is 13.2. The van der Waals surface area contributed by atoms with Gasteiger partial charge in [-0.3, -0.25) is 9.59 Å². The molecule has 0 spiro atoms. The van der Waals surface area contributed by atoms with E-state index in [2.05, 4.69) is 29.6 Å². The highest BCUT2D eigenvalue weighted by Gasteiger charge is 2.55. The number of alkyl carbamates (subject to hydrolysis) is 1. The maximum absolute atomic E-state index is 13.2. The van der Waals surface area contributed by atoms with Crippen LogP contribution in [0.3, 0.4) is 0 Å². The van der Waals surface area contributed by atoms with Crippen LogP contribution in [-0.2, 0) is 14.3 Å². The summed E-state index contributed by atoms with van der Waals surface area (Å²) >= 11 is 0. The summed E-state index contributed by atoms with van der Waals surface area (Å²) in [6.07, 6.45) is 2.35. The van der Waals surface area contributed by atoms with Crippen LogP contribution in [0.5, 0.6) is 0 Å². The van der Waals surface area contributed by atoms with Crippen LogP contribution in [0.15, 0.2) is 48.5 Å². The minimum atomic E-state index is -0.896. The lowest BCUT2D eigenvalue weighted by molar-refractivity contribution is -0.143. The number of rotatable bonds is 6. The van der Waals surface area contributed by atoms with Crippen LogP contribution in [0.1, 0.15) is 56.1 Å². The van der Waals surface area contributed by atoms with E-state index in [1.54, 1.807) is 11.8 Å². The highest BCUT2D eigenvalue weighted by Crippen LogP contribution is 2.49. The number of nitrogens with zero attached hydrogens (tertiary/aromatic N) is 1. The summed E-state index contributed by atoms with van der Waals surface area (Å²) in [6.45, 7) is 1.81. The molecule has 33 heavy (non-hydrogen) atoms. The Labute approximate surface area is 192 Å². The zero-order valence-corrected chi connectivity index (χ0v) is 18.6. The Hall–Kier alpha value is -3.35. The first kappa shape index (κ1) is 21.5. The molecule has 1 atom stereocenters. The molecular weight excluding hydrogens is 420 g/mol. The lowest BCUT2D eigenvalue weighted by Crippen LogP contribution is -2.54. The van der Waals surface area contributed by atoms with Crippen molar-refractivity contribution in [3.63, 3.8) is 0 Å².